The van der Waals surface area contributed by atoms with Gasteiger partial charge >= 0.3 is 0 Å². The largest absolute Gasteiger partial charge is 0.490 e. The quantitative estimate of drug-likeness (QED) is 0.347. The fourth-order valence-corrected chi connectivity index (χ4v) is 3.89. The van der Waals surface area contributed by atoms with E-state index in [0.29, 0.717) is 36.0 Å². The lowest BCUT2D eigenvalue weighted by molar-refractivity contribution is -0.122. The van der Waals surface area contributed by atoms with Gasteiger partial charge in [0.1, 0.15) is 17.1 Å². The van der Waals surface area contributed by atoms with E-state index in [1.807, 2.05) is 26.8 Å². The second-order valence-corrected chi connectivity index (χ2v) is 9.55. The summed E-state index contributed by atoms with van der Waals surface area (Å²) in [5, 5.41) is 3.08. The number of hydrogen-bond donors (Lipinski definition) is 1. The van der Waals surface area contributed by atoms with Gasteiger partial charge in [0, 0.05) is 29.9 Å². The second kappa shape index (κ2) is 10.6. The monoisotopic (exact) mass is 514 g/mol. The first-order valence-electron chi connectivity index (χ1n) is 11.7. The van der Waals surface area contributed by atoms with Gasteiger partial charge in [-0.05, 0) is 63.6 Å². The van der Waals surface area contributed by atoms with Crippen LogP contribution in [0.25, 0.3) is 0 Å². The molecule has 0 unspecified atom stereocenters. The summed E-state index contributed by atoms with van der Waals surface area (Å²) < 4.78 is 37.1. The fraction of sp³-hybridized carbons (Fsp3) is 0.333. The normalized spacial score (nSPS) is 14.4. The predicted molar refractivity (Wildman–Crippen MR) is 135 cm³/mol. The molecular weight excluding hydrogens is 487 g/mol. The average molecular weight is 515 g/mol. The summed E-state index contributed by atoms with van der Waals surface area (Å²) in [5.41, 5.74) is 1.26. The first kappa shape index (κ1) is 25.6. The van der Waals surface area contributed by atoms with E-state index in [1.165, 1.54) is 6.20 Å². The highest BCUT2D eigenvalue weighted by atomic mass is 35.5. The van der Waals surface area contributed by atoms with Crippen molar-refractivity contribution in [2.24, 2.45) is 0 Å². The number of carbonyl (C=O) groups excluding carboxylic acids is 1. The molecule has 0 saturated heterocycles. The Kier molecular flexibility index (Phi) is 7.54. The van der Waals surface area contributed by atoms with E-state index < -0.39 is 11.9 Å². The van der Waals surface area contributed by atoms with Gasteiger partial charge in [0.05, 0.1) is 11.6 Å². The van der Waals surface area contributed by atoms with E-state index in [2.05, 4.69) is 10.3 Å². The van der Waals surface area contributed by atoms with E-state index in [0.717, 1.165) is 23.8 Å². The molecule has 1 amide bonds. The Balaban J connectivity index is 1.40. The summed E-state index contributed by atoms with van der Waals surface area (Å²) >= 11 is 5.71. The number of pyridine rings is 1. The van der Waals surface area contributed by atoms with Gasteiger partial charge in [0.25, 0.3) is 11.8 Å². The Bertz CT molecular complexity index is 1250. The third kappa shape index (κ3) is 6.18. The molecule has 1 aliphatic heterocycles. The summed E-state index contributed by atoms with van der Waals surface area (Å²) in [6, 6.07) is 11.2. The van der Waals surface area contributed by atoms with Crippen LogP contribution in [0, 0.1) is 5.82 Å². The van der Waals surface area contributed by atoms with Crippen LogP contribution in [0.15, 0.2) is 48.7 Å². The van der Waals surface area contributed by atoms with Gasteiger partial charge in [-0.1, -0.05) is 18.5 Å². The van der Waals surface area contributed by atoms with Crippen LogP contribution in [0.1, 0.15) is 39.7 Å². The van der Waals surface area contributed by atoms with Crippen LogP contribution >= 0.6 is 11.6 Å². The molecule has 1 N–H and O–H groups in total. The van der Waals surface area contributed by atoms with Crippen molar-refractivity contribution in [2.45, 2.75) is 52.2 Å². The molecule has 36 heavy (non-hydrogen) atoms. The number of amides is 1. The number of halogens is 2. The zero-order valence-corrected chi connectivity index (χ0v) is 21.3. The van der Waals surface area contributed by atoms with Crippen LogP contribution in [0.2, 0.25) is 5.02 Å². The summed E-state index contributed by atoms with van der Waals surface area (Å²) in [7, 11) is 0. The Morgan fingerprint density at radius 2 is 1.94 bits per heavy atom. The van der Waals surface area contributed by atoms with Crippen molar-refractivity contribution in [3.63, 3.8) is 0 Å². The molecule has 2 aromatic carbocycles. The minimum absolute atomic E-state index is 0.178. The summed E-state index contributed by atoms with van der Waals surface area (Å²) in [6.07, 6.45) is 2.08. The number of aromatic nitrogens is 1. The topological polar surface area (TPSA) is 78.9 Å². The molecule has 0 radical (unpaired) electrons. The van der Waals surface area contributed by atoms with E-state index in [4.69, 9.17) is 30.5 Å². The number of nitrogens with one attached hydrogen (secondary N) is 1. The molecule has 7 nitrogen and oxygen atoms in total. The first-order valence-corrected chi connectivity index (χ1v) is 12.1. The molecule has 3 aromatic rings. The minimum Gasteiger partial charge on any atom is -0.490 e. The molecule has 9 heteroatoms. The number of carbonyl (C=O) groups is 1. The molecule has 0 saturated carbocycles. The number of hydrogen-bond acceptors (Lipinski definition) is 6. The highest BCUT2D eigenvalue weighted by Gasteiger charge is 2.33. The van der Waals surface area contributed by atoms with Crippen LogP contribution in [0.4, 0.5) is 10.1 Å². The van der Waals surface area contributed by atoms with E-state index in [1.54, 1.807) is 37.3 Å². The third-order valence-electron chi connectivity index (χ3n) is 5.35. The third-order valence-corrected chi connectivity index (χ3v) is 5.56. The van der Waals surface area contributed by atoms with Gasteiger partial charge < -0.3 is 24.3 Å². The van der Waals surface area contributed by atoms with Crippen molar-refractivity contribution in [1.29, 1.82) is 0 Å². The molecule has 0 aliphatic carbocycles. The lowest BCUT2D eigenvalue weighted by atomic mass is 10.0. The molecule has 1 atom stereocenters. The van der Waals surface area contributed by atoms with Crippen molar-refractivity contribution in [3.8, 4) is 28.9 Å². The van der Waals surface area contributed by atoms with E-state index >= 15 is 0 Å². The smallest absolute Gasteiger partial charge is 0.265 e. The van der Waals surface area contributed by atoms with Gasteiger partial charge in [-0.2, -0.15) is 0 Å². The first-order chi connectivity index (χ1) is 17.1. The van der Waals surface area contributed by atoms with Crippen molar-refractivity contribution in [1.82, 2.24) is 4.98 Å². The second-order valence-electron chi connectivity index (χ2n) is 9.11. The maximum Gasteiger partial charge on any atom is 0.265 e. The highest BCUT2D eigenvalue weighted by molar-refractivity contribution is 6.30. The average Bonchev–Trinajstić information content (AvgIpc) is 3.14. The predicted octanol–water partition coefficient (Wildman–Crippen LogP) is 6.57. The number of rotatable bonds is 9. The number of nitrogens with zero attached hydrogens (tertiary/aromatic N) is 1. The Hall–Kier alpha value is -3.52. The number of ether oxygens (including phenoxy) is 4. The Morgan fingerprint density at radius 3 is 2.64 bits per heavy atom. The van der Waals surface area contributed by atoms with Crippen LogP contribution in [0.5, 0.6) is 28.9 Å². The number of fused-ring (bicyclic) bond motifs is 1. The number of anilines is 1. The summed E-state index contributed by atoms with van der Waals surface area (Å²) in [5.74, 6) is 0.978. The van der Waals surface area contributed by atoms with E-state index in [9.17, 15) is 9.18 Å². The maximum absolute atomic E-state index is 13.9. The minimum atomic E-state index is -0.784. The van der Waals surface area contributed by atoms with Gasteiger partial charge in [-0.3, -0.25) is 4.79 Å². The van der Waals surface area contributed by atoms with E-state index in [-0.39, 0.29) is 22.4 Å². The van der Waals surface area contributed by atoms with Crippen LogP contribution in [-0.2, 0) is 11.2 Å². The van der Waals surface area contributed by atoms with Crippen molar-refractivity contribution >= 4 is 23.2 Å². The molecule has 4 rings (SSSR count). The maximum atomic E-state index is 13.9. The van der Waals surface area contributed by atoms with Crippen LogP contribution in [-0.4, -0.2) is 29.2 Å². The number of benzene rings is 2. The van der Waals surface area contributed by atoms with Crippen LogP contribution in [0.3, 0.4) is 0 Å². The van der Waals surface area contributed by atoms with Crippen LogP contribution < -0.4 is 24.3 Å². The van der Waals surface area contributed by atoms with Crippen molar-refractivity contribution < 1.29 is 28.1 Å². The molecular formula is C27H28ClFN2O5. The van der Waals surface area contributed by atoms with Gasteiger partial charge in [0.2, 0.25) is 0 Å². The molecule has 1 aromatic heterocycles. The highest BCUT2D eigenvalue weighted by Crippen LogP contribution is 2.44. The van der Waals surface area contributed by atoms with Gasteiger partial charge in [0.15, 0.2) is 23.4 Å². The molecule has 0 bridgehead atoms. The Labute approximate surface area is 214 Å². The fourth-order valence-electron chi connectivity index (χ4n) is 3.75. The van der Waals surface area contributed by atoms with Crippen molar-refractivity contribution in [2.75, 3.05) is 11.9 Å². The lowest BCUT2D eigenvalue weighted by Crippen LogP contribution is -2.30. The van der Waals surface area contributed by atoms with Crippen molar-refractivity contribution in [3.05, 3.63) is 65.1 Å². The SMILES string of the molecule is CCCOc1cc(NC(=O)[C@@H](C)Oc2ccc(Oc3ncc(Cl)cc3F)cc2)cc2c1OC(C)(C)C2. The Morgan fingerprint density at radius 1 is 1.22 bits per heavy atom. The molecule has 1 aliphatic rings. The standard InChI is InChI=1S/C27H28ClFN2O5/c1-5-10-33-23-13-19(11-17-14-27(3,4)36-24(17)23)31-25(32)16(2)34-20-6-8-21(9-7-20)35-26-22(29)12-18(28)15-30-26/h6-9,11-13,15-16H,5,10,14H2,1-4H3,(H,31,32)/t16-/m1/s1. The summed E-state index contributed by atoms with van der Waals surface area (Å²) in [6.45, 7) is 8.27. The molecule has 0 fully saturated rings. The molecule has 0 spiro atoms. The summed E-state index contributed by atoms with van der Waals surface area (Å²) in [4.78, 5) is 16.7. The zero-order valence-electron chi connectivity index (χ0n) is 20.6. The van der Waals surface area contributed by atoms with Gasteiger partial charge in [-0.15, -0.1) is 0 Å². The molecule has 190 valence electrons. The lowest BCUT2D eigenvalue weighted by Gasteiger charge is -2.18. The molecule has 2 heterocycles. The van der Waals surface area contributed by atoms with Gasteiger partial charge in [-0.25, -0.2) is 9.37 Å². The zero-order chi connectivity index (χ0) is 25.9.